The minimum atomic E-state index is -0.594. The predicted molar refractivity (Wildman–Crippen MR) is 75.2 cm³/mol. The summed E-state index contributed by atoms with van der Waals surface area (Å²) < 4.78 is 0. The van der Waals surface area contributed by atoms with Gasteiger partial charge in [-0.25, -0.2) is 0 Å². The number of anilines is 1. The Kier molecular flexibility index (Phi) is 4.35. The van der Waals surface area contributed by atoms with Crippen LogP contribution in [-0.4, -0.2) is 28.3 Å². The standard InChI is InChI=1S/C13H15N5O3/c14-6-1-7-17(10-3-4-10)13(19)11-8-9(16-15)2-5-12(11)18(20)21/h2,5,8,10,16H,1,3-4,7,15H2. The highest BCUT2D eigenvalue weighted by molar-refractivity contribution is 5.99. The van der Waals surface area contributed by atoms with Crippen LogP contribution in [-0.2, 0) is 0 Å². The lowest BCUT2D eigenvalue weighted by Gasteiger charge is -2.21. The van der Waals surface area contributed by atoms with Gasteiger partial charge in [0.2, 0.25) is 0 Å². The zero-order chi connectivity index (χ0) is 15.4. The SMILES string of the molecule is N#CCCN(C(=O)c1cc(NN)ccc1[N+](=O)[O-])C1CC1. The van der Waals surface area contributed by atoms with Crippen LogP contribution in [0.25, 0.3) is 0 Å². The van der Waals surface area contributed by atoms with E-state index in [-0.39, 0.29) is 30.3 Å². The number of nitrogens with one attached hydrogen (secondary N) is 1. The molecule has 3 N–H and O–H groups in total. The lowest BCUT2D eigenvalue weighted by Crippen LogP contribution is -2.34. The highest BCUT2D eigenvalue weighted by Crippen LogP contribution is 2.31. The van der Waals surface area contributed by atoms with E-state index >= 15 is 0 Å². The van der Waals surface area contributed by atoms with Crippen LogP contribution >= 0.6 is 0 Å². The Balaban J connectivity index is 2.35. The molecule has 2 rings (SSSR count). The third kappa shape index (κ3) is 3.27. The van der Waals surface area contributed by atoms with E-state index in [1.165, 1.54) is 23.1 Å². The van der Waals surface area contributed by atoms with Gasteiger partial charge in [-0.3, -0.25) is 20.8 Å². The third-order valence-corrected chi connectivity index (χ3v) is 3.30. The van der Waals surface area contributed by atoms with Gasteiger partial charge in [-0.2, -0.15) is 5.26 Å². The molecule has 0 bridgehead atoms. The molecule has 0 atom stereocenters. The van der Waals surface area contributed by atoms with Crippen molar-refractivity contribution in [1.82, 2.24) is 4.90 Å². The van der Waals surface area contributed by atoms with Gasteiger partial charge < -0.3 is 10.3 Å². The Morgan fingerprint density at radius 3 is 2.81 bits per heavy atom. The van der Waals surface area contributed by atoms with E-state index in [9.17, 15) is 14.9 Å². The second kappa shape index (κ2) is 6.19. The summed E-state index contributed by atoms with van der Waals surface area (Å²) in [6, 6.07) is 6.10. The van der Waals surface area contributed by atoms with E-state index in [2.05, 4.69) is 5.43 Å². The number of nitro groups is 1. The zero-order valence-corrected chi connectivity index (χ0v) is 11.3. The molecule has 1 aromatic carbocycles. The fourth-order valence-corrected chi connectivity index (χ4v) is 2.12. The van der Waals surface area contributed by atoms with Crippen molar-refractivity contribution in [2.45, 2.75) is 25.3 Å². The van der Waals surface area contributed by atoms with Crippen molar-refractivity contribution in [2.24, 2.45) is 5.84 Å². The number of hydrogen-bond acceptors (Lipinski definition) is 6. The molecule has 1 aliphatic rings. The van der Waals surface area contributed by atoms with Crippen molar-refractivity contribution < 1.29 is 9.72 Å². The number of nitrogens with two attached hydrogens (primary N) is 1. The Morgan fingerprint density at radius 2 is 2.29 bits per heavy atom. The molecule has 21 heavy (non-hydrogen) atoms. The first-order valence-electron chi connectivity index (χ1n) is 6.51. The quantitative estimate of drug-likeness (QED) is 0.463. The summed E-state index contributed by atoms with van der Waals surface area (Å²) in [6.07, 6.45) is 1.92. The maximum atomic E-state index is 12.6. The number of carbonyl (C=O) groups is 1. The molecule has 0 radical (unpaired) electrons. The fourth-order valence-electron chi connectivity index (χ4n) is 2.12. The smallest absolute Gasteiger partial charge is 0.282 e. The van der Waals surface area contributed by atoms with Crippen molar-refractivity contribution in [3.8, 4) is 6.07 Å². The Bertz CT molecular complexity index is 606. The first kappa shape index (κ1) is 14.7. The summed E-state index contributed by atoms with van der Waals surface area (Å²) >= 11 is 0. The second-order valence-electron chi connectivity index (χ2n) is 4.77. The molecule has 0 unspecified atom stereocenters. The Labute approximate surface area is 121 Å². The Hall–Kier alpha value is -2.66. The molecule has 0 heterocycles. The summed E-state index contributed by atoms with van der Waals surface area (Å²) in [6.45, 7) is 0.275. The molecular weight excluding hydrogens is 274 g/mol. The summed E-state index contributed by atoms with van der Waals surface area (Å²) in [4.78, 5) is 24.6. The number of benzene rings is 1. The van der Waals surface area contributed by atoms with E-state index in [1.807, 2.05) is 6.07 Å². The van der Waals surface area contributed by atoms with Gasteiger partial charge in [-0.05, 0) is 25.0 Å². The van der Waals surface area contributed by atoms with Crippen LogP contribution in [0.5, 0.6) is 0 Å². The van der Waals surface area contributed by atoms with Gasteiger partial charge in [0, 0.05) is 24.3 Å². The molecule has 0 saturated heterocycles. The monoisotopic (exact) mass is 289 g/mol. The number of nitrogens with zero attached hydrogens (tertiary/aromatic N) is 3. The zero-order valence-electron chi connectivity index (χ0n) is 11.3. The minimum Gasteiger partial charge on any atom is -0.334 e. The Morgan fingerprint density at radius 1 is 1.57 bits per heavy atom. The molecule has 0 aromatic heterocycles. The highest BCUT2D eigenvalue weighted by Gasteiger charge is 2.35. The molecule has 110 valence electrons. The van der Waals surface area contributed by atoms with E-state index in [4.69, 9.17) is 11.1 Å². The topological polar surface area (TPSA) is 125 Å². The number of nitro benzene ring substituents is 1. The summed E-state index contributed by atoms with van der Waals surface area (Å²) in [7, 11) is 0. The first-order chi connectivity index (χ1) is 10.1. The van der Waals surface area contributed by atoms with Crippen molar-refractivity contribution >= 4 is 17.3 Å². The van der Waals surface area contributed by atoms with Gasteiger partial charge in [0.15, 0.2) is 0 Å². The van der Waals surface area contributed by atoms with Crippen molar-refractivity contribution in [2.75, 3.05) is 12.0 Å². The number of rotatable bonds is 6. The molecule has 8 nitrogen and oxygen atoms in total. The predicted octanol–water partition coefficient (Wildman–Crippen LogP) is 1.40. The summed E-state index contributed by atoms with van der Waals surface area (Å²) in [5.74, 6) is 4.85. The van der Waals surface area contributed by atoms with Gasteiger partial charge in [-0.15, -0.1) is 0 Å². The molecule has 1 aliphatic carbocycles. The highest BCUT2D eigenvalue weighted by atomic mass is 16.6. The van der Waals surface area contributed by atoms with Crippen LogP contribution in [0, 0.1) is 21.4 Å². The van der Waals surface area contributed by atoms with Crippen LogP contribution in [0.1, 0.15) is 29.6 Å². The maximum absolute atomic E-state index is 12.6. The maximum Gasteiger partial charge on any atom is 0.282 e. The summed E-state index contributed by atoms with van der Waals surface area (Å²) in [5, 5.41) is 19.8. The van der Waals surface area contributed by atoms with E-state index in [0.717, 1.165) is 12.8 Å². The largest absolute Gasteiger partial charge is 0.334 e. The molecular formula is C13H15N5O3. The van der Waals surface area contributed by atoms with Gasteiger partial charge in [0.1, 0.15) is 5.56 Å². The van der Waals surface area contributed by atoms with Gasteiger partial charge in [0.25, 0.3) is 11.6 Å². The third-order valence-electron chi connectivity index (χ3n) is 3.30. The molecule has 0 spiro atoms. The van der Waals surface area contributed by atoms with Crippen LogP contribution in [0.15, 0.2) is 18.2 Å². The first-order valence-corrected chi connectivity index (χ1v) is 6.51. The number of amides is 1. The molecule has 8 heteroatoms. The molecule has 1 saturated carbocycles. The van der Waals surface area contributed by atoms with Gasteiger partial charge in [-0.1, -0.05) is 0 Å². The van der Waals surface area contributed by atoms with Crippen molar-refractivity contribution in [1.29, 1.82) is 5.26 Å². The van der Waals surface area contributed by atoms with Crippen LogP contribution in [0.2, 0.25) is 0 Å². The molecule has 1 amide bonds. The number of carbonyl (C=O) groups excluding carboxylic acids is 1. The second-order valence-corrected chi connectivity index (χ2v) is 4.77. The summed E-state index contributed by atoms with van der Waals surface area (Å²) in [5.41, 5.74) is 2.51. The number of nitriles is 1. The fraction of sp³-hybridized carbons (Fsp3) is 0.385. The lowest BCUT2D eigenvalue weighted by atomic mass is 10.1. The van der Waals surface area contributed by atoms with Crippen LogP contribution in [0.3, 0.4) is 0 Å². The normalized spacial score (nSPS) is 13.3. The molecule has 1 aromatic rings. The average Bonchev–Trinajstić information content (AvgIpc) is 3.31. The van der Waals surface area contributed by atoms with Gasteiger partial charge in [0.05, 0.1) is 17.4 Å². The lowest BCUT2D eigenvalue weighted by molar-refractivity contribution is -0.385. The molecule has 0 aliphatic heterocycles. The average molecular weight is 289 g/mol. The van der Waals surface area contributed by atoms with Crippen LogP contribution in [0.4, 0.5) is 11.4 Å². The minimum absolute atomic E-state index is 0.0136. The van der Waals surface area contributed by atoms with E-state index < -0.39 is 10.8 Å². The van der Waals surface area contributed by atoms with E-state index in [1.54, 1.807) is 0 Å². The van der Waals surface area contributed by atoms with Gasteiger partial charge >= 0.3 is 0 Å². The number of nitrogen functional groups attached to an aromatic ring is 1. The number of hydrogen-bond donors (Lipinski definition) is 2. The van der Waals surface area contributed by atoms with Crippen molar-refractivity contribution in [3.63, 3.8) is 0 Å². The number of hydrazine groups is 1. The van der Waals surface area contributed by atoms with Crippen LogP contribution < -0.4 is 11.3 Å². The van der Waals surface area contributed by atoms with E-state index in [0.29, 0.717) is 5.69 Å². The molecule has 1 fully saturated rings. The van der Waals surface area contributed by atoms with Crippen molar-refractivity contribution in [3.05, 3.63) is 33.9 Å².